The summed E-state index contributed by atoms with van der Waals surface area (Å²) in [7, 11) is -0.786. The molecule has 0 fully saturated rings. The Bertz CT molecular complexity index is 347. The molecule has 0 aliphatic carbocycles. The minimum Gasteiger partial charge on any atom is -0.367 e. The van der Waals surface area contributed by atoms with E-state index < -0.39 is 10.8 Å². The van der Waals surface area contributed by atoms with E-state index >= 15 is 0 Å². The Balaban J connectivity index is 2.67. The number of nitrogens with zero attached hydrogens (tertiary/aromatic N) is 2. The van der Waals surface area contributed by atoms with Crippen LogP contribution in [0, 0.1) is 13.8 Å². The van der Waals surface area contributed by atoms with Crippen molar-refractivity contribution in [1.29, 1.82) is 0 Å². The molecular weight excluding hydrogens is 210 g/mol. The summed E-state index contributed by atoms with van der Waals surface area (Å²) >= 11 is 0. The molecule has 0 bridgehead atoms. The maximum atomic E-state index is 11.0. The Kier molecular flexibility index (Phi) is 4.20. The first-order chi connectivity index (χ1) is 6.97. The van der Waals surface area contributed by atoms with E-state index in [-0.39, 0.29) is 6.04 Å². The summed E-state index contributed by atoms with van der Waals surface area (Å²) in [6, 6.07) is 2.05. The van der Waals surface area contributed by atoms with E-state index in [1.54, 1.807) is 6.26 Å². The fourth-order valence-corrected chi connectivity index (χ4v) is 2.22. The number of hydrogen-bond donors (Lipinski definition) is 1. The summed E-state index contributed by atoms with van der Waals surface area (Å²) in [6.45, 7) is 5.79. The zero-order chi connectivity index (χ0) is 11.4. The van der Waals surface area contributed by atoms with Crippen LogP contribution in [-0.4, -0.2) is 32.2 Å². The van der Waals surface area contributed by atoms with Gasteiger partial charge in [0.1, 0.15) is 11.6 Å². The van der Waals surface area contributed by atoms with Crippen LogP contribution in [0.5, 0.6) is 0 Å². The molecule has 4 nitrogen and oxygen atoms in total. The molecule has 0 aromatic carbocycles. The lowest BCUT2D eigenvalue weighted by atomic mass is 10.3. The van der Waals surface area contributed by atoms with Gasteiger partial charge in [0, 0.05) is 40.6 Å². The average Bonchev–Trinajstić information content (AvgIpc) is 1.98. The molecule has 1 heterocycles. The van der Waals surface area contributed by atoms with Crippen molar-refractivity contribution in [2.24, 2.45) is 0 Å². The van der Waals surface area contributed by atoms with E-state index in [1.807, 2.05) is 26.8 Å². The van der Waals surface area contributed by atoms with Crippen LogP contribution in [0.4, 0.5) is 5.82 Å². The van der Waals surface area contributed by atoms with Crippen LogP contribution >= 0.6 is 0 Å². The Morgan fingerprint density at radius 3 is 2.67 bits per heavy atom. The van der Waals surface area contributed by atoms with Gasteiger partial charge in [0.15, 0.2) is 0 Å². The molecule has 0 aliphatic rings. The molecule has 0 spiro atoms. The van der Waals surface area contributed by atoms with Crippen molar-refractivity contribution in [3.05, 3.63) is 17.6 Å². The molecule has 0 radical (unpaired) electrons. The van der Waals surface area contributed by atoms with Crippen LogP contribution < -0.4 is 5.32 Å². The molecule has 84 valence electrons. The van der Waals surface area contributed by atoms with Crippen molar-refractivity contribution >= 4 is 16.6 Å². The summed E-state index contributed by atoms with van der Waals surface area (Å²) in [4.78, 5) is 8.45. The maximum absolute atomic E-state index is 11.0. The van der Waals surface area contributed by atoms with Crippen molar-refractivity contribution in [3.63, 3.8) is 0 Å². The second-order valence-corrected chi connectivity index (χ2v) is 5.21. The number of aromatic nitrogens is 2. The lowest BCUT2D eigenvalue weighted by Crippen LogP contribution is -2.23. The molecule has 5 heteroatoms. The molecule has 0 saturated carbocycles. The lowest BCUT2D eigenvalue weighted by molar-refractivity contribution is 0.683. The van der Waals surface area contributed by atoms with Gasteiger partial charge in [-0.2, -0.15) is 0 Å². The van der Waals surface area contributed by atoms with E-state index in [0.29, 0.717) is 5.75 Å². The highest BCUT2D eigenvalue weighted by atomic mass is 32.2. The molecule has 2 atom stereocenters. The predicted molar refractivity (Wildman–Crippen MR) is 63.5 cm³/mol. The Morgan fingerprint density at radius 2 is 2.13 bits per heavy atom. The third-order valence-electron chi connectivity index (χ3n) is 1.85. The quantitative estimate of drug-likeness (QED) is 0.841. The van der Waals surface area contributed by atoms with Crippen molar-refractivity contribution in [1.82, 2.24) is 9.97 Å². The maximum Gasteiger partial charge on any atom is 0.130 e. The lowest BCUT2D eigenvalue weighted by Gasteiger charge is -2.13. The van der Waals surface area contributed by atoms with Gasteiger partial charge in [-0.3, -0.25) is 4.21 Å². The zero-order valence-corrected chi connectivity index (χ0v) is 10.4. The summed E-state index contributed by atoms with van der Waals surface area (Å²) < 4.78 is 11.0. The number of anilines is 1. The minimum absolute atomic E-state index is 0.157. The summed E-state index contributed by atoms with van der Waals surface area (Å²) in [5.41, 5.74) is 0.940. The second-order valence-electron chi connectivity index (χ2n) is 3.73. The highest BCUT2D eigenvalue weighted by molar-refractivity contribution is 7.84. The van der Waals surface area contributed by atoms with Gasteiger partial charge >= 0.3 is 0 Å². The fraction of sp³-hybridized carbons (Fsp3) is 0.600. The van der Waals surface area contributed by atoms with Crippen LogP contribution in [0.2, 0.25) is 0 Å². The molecule has 1 rings (SSSR count). The smallest absolute Gasteiger partial charge is 0.130 e. The highest BCUT2D eigenvalue weighted by Crippen LogP contribution is 2.07. The number of aryl methyl sites for hydroxylation is 2. The van der Waals surface area contributed by atoms with E-state index in [1.165, 1.54) is 0 Å². The number of rotatable bonds is 4. The highest BCUT2D eigenvalue weighted by Gasteiger charge is 2.05. The SMILES string of the molecule is Cc1cc(NC(C)CS(C)=O)nc(C)n1. The van der Waals surface area contributed by atoms with Gasteiger partial charge in [0.05, 0.1) is 0 Å². The Morgan fingerprint density at radius 1 is 1.47 bits per heavy atom. The van der Waals surface area contributed by atoms with Crippen molar-refractivity contribution in [2.45, 2.75) is 26.8 Å². The van der Waals surface area contributed by atoms with Gasteiger partial charge in [0.25, 0.3) is 0 Å². The number of nitrogens with one attached hydrogen (secondary N) is 1. The molecule has 1 N–H and O–H groups in total. The Labute approximate surface area is 93.0 Å². The van der Waals surface area contributed by atoms with Gasteiger partial charge in [0.2, 0.25) is 0 Å². The molecule has 0 saturated heterocycles. The standard InChI is InChI=1S/C10H17N3OS/c1-7-5-10(13-9(3)11-7)12-8(2)6-15(4)14/h5,8H,6H2,1-4H3,(H,11,12,13). The van der Waals surface area contributed by atoms with Crippen LogP contribution in [0.15, 0.2) is 6.07 Å². The van der Waals surface area contributed by atoms with Gasteiger partial charge in [-0.1, -0.05) is 0 Å². The van der Waals surface area contributed by atoms with Crippen LogP contribution in [0.25, 0.3) is 0 Å². The van der Waals surface area contributed by atoms with E-state index in [0.717, 1.165) is 17.3 Å². The molecule has 1 aromatic heterocycles. The van der Waals surface area contributed by atoms with Gasteiger partial charge < -0.3 is 5.32 Å². The zero-order valence-electron chi connectivity index (χ0n) is 9.57. The Hall–Kier alpha value is -0.970. The van der Waals surface area contributed by atoms with Gasteiger partial charge in [-0.25, -0.2) is 9.97 Å². The third-order valence-corrected chi connectivity index (χ3v) is 2.81. The monoisotopic (exact) mass is 227 g/mol. The van der Waals surface area contributed by atoms with E-state index in [2.05, 4.69) is 15.3 Å². The predicted octanol–water partition coefficient (Wildman–Crippen LogP) is 1.27. The summed E-state index contributed by atoms with van der Waals surface area (Å²) in [6.07, 6.45) is 1.70. The molecular formula is C10H17N3OS. The molecule has 0 aliphatic heterocycles. The van der Waals surface area contributed by atoms with Gasteiger partial charge in [-0.15, -0.1) is 0 Å². The van der Waals surface area contributed by atoms with Crippen LogP contribution in [0.3, 0.4) is 0 Å². The van der Waals surface area contributed by atoms with Crippen molar-refractivity contribution in [2.75, 3.05) is 17.3 Å². The molecule has 0 amide bonds. The third kappa shape index (κ3) is 4.38. The normalized spacial score (nSPS) is 14.7. The fourth-order valence-electron chi connectivity index (χ4n) is 1.44. The molecule has 1 aromatic rings. The average molecular weight is 227 g/mol. The topological polar surface area (TPSA) is 54.9 Å². The second kappa shape index (κ2) is 5.21. The van der Waals surface area contributed by atoms with Gasteiger partial charge in [-0.05, 0) is 20.8 Å². The summed E-state index contributed by atoms with van der Waals surface area (Å²) in [5.74, 6) is 2.18. The van der Waals surface area contributed by atoms with Crippen molar-refractivity contribution in [3.8, 4) is 0 Å². The minimum atomic E-state index is -0.786. The van der Waals surface area contributed by atoms with E-state index in [4.69, 9.17) is 0 Å². The first-order valence-electron chi connectivity index (χ1n) is 4.86. The number of hydrogen-bond acceptors (Lipinski definition) is 4. The largest absolute Gasteiger partial charge is 0.367 e. The van der Waals surface area contributed by atoms with E-state index in [9.17, 15) is 4.21 Å². The summed E-state index contributed by atoms with van der Waals surface area (Å²) in [5, 5.41) is 3.21. The van der Waals surface area contributed by atoms with Crippen LogP contribution in [-0.2, 0) is 10.8 Å². The molecule has 2 unspecified atom stereocenters. The first-order valence-corrected chi connectivity index (χ1v) is 6.59. The molecule has 15 heavy (non-hydrogen) atoms. The first kappa shape index (κ1) is 12.1. The van der Waals surface area contributed by atoms with Crippen LogP contribution in [0.1, 0.15) is 18.4 Å². The van der Waals surface area contributed by atoms with Crippen molar-refractivity contribution < 1.29 is 4.21 Å².